The van der Waals surface area contributed by atoms with Crippen LogP contribution in [0, 0.1) is 5.82 Å². The van der Waals surface area contributed by atoms with Gasteiger partial charge in [0.15, 0.2) is 0 Å². The summed E-state index contributed by atoms with van der Waals surface area (Å²) in [6.07, 6.45) is 4.20. The van der Waals surface area contributed by atoms with E-state index in [4.69, 9.17) is 11.6 Å². The van der Waals surface area contributed by atoms with Crippen molar-refractivity contribution in [3.05, 3.63) is 47.0 Å². The lowest BCUT2D eigenvalue weighted by Gasteiger charge is -2.17. The van der Waals surface area contributed by atoms with E-state index in [9.17, 15) is 9.18 Å². The molecule has 5 nitrogen and oxygen atoms in total. The zero-order valence-electron chi connectivity index (χ0n) is 11.2. The molecule has 0 N–H and O–H groups in total. The molecule has 0 bridgehead atoms. The van der Waals surface area contributed by atoms with Crippen molar-refractivity contribution in [1.82, 2.24) is 19.9 Å². The Morgan fingerprint density at radius 1 is 1.48 bits per heavy atom. The number of nitrogens with zero attached hydrogens (tertiary/aromatic N) is 4. The second-order valence-corrected chi connectivity index (χ2v) is 5.45. The Labute approximate surface area is 126 Å². The van der Waals surface area contributed by atoms with Gasteiger partial charge >= 0.3 is 0 Å². The standard InChI is InChI=1S/C14H14ClFN4O/c15-12-2-1-3-13(16)11(12)8-14(21)19-6-4-10(9-19)20-7-5-17-18-20/h1-3,5,7,10H,4,6,8-9H2/t10-/m1/s1. The lowest BCUT2D eigenvalue weighted by atomic mass is 10.1. The van der Waals surface area contributed by atoms with E-state index < -0.39 is 5.82 Å². The van der Waals surface area contributed by atoms with Gasteiger partial charge in [-0.05, 0) is 18.6 Å². The van der Waals surface area contributed by atoms with Crippen LogP contribution >= 0.6 is 11.6 Å². The summed E-state index contributed by atoms with van der Waals surface area (Å²) in [5.74, 6) is -0.563. The summed E-state index contributed by atoms with van der Waals surface area (Å²) in [4.78, 5) is 14.0. The third-order valence-electron chi connectivity index (χ3n) is 3.72. The number of rotatable bonds is 3. The largest absolute Gasteiger partial charge is 0.340 e. The molecule has 0 saturated carbocycles. The van der Waals surface area contributed by atoms with Crippen LogP contribution in [0.2, 0.25) is 5.02 Å². The third kappa shape index (κ3) is 2.90. The quantitative estimate of drug-likeness (QED) is 0.872. The van der Waals surface area contributed by atoms with Crippen LogP contribution in [0.4, 0.5) is 4.39 Å². The summed E-state index contributed by atoms with van der Waals surface area (Å²) in [5.41, 5.74) is 0.258. The highest BCUT2D eigenvalue weighted by molar-refractivity contribution is 6.31. The minimum absolute atomic E-state index is 0.0183. The first-order valence-electron chi connectivity index (χ1n) is 6.71. The van der Waals surface area contributed by atoms with Gasteiger partial charge in [-0.3, -0.25) is 4.79 Å². The predicted molar refractivity (Wildman–Crippen MR) is 75.4 cm³/mol. The Kier molecular flexibility index (Phi) is 3.88. The Morgan fingerprint density at radius 2 is 2.33 bits per heavy atom. The molecule has 0 spiro atoms. The van der Waals surface area contributed by atoms with Crippen molar-refractivity contribution in [2.75, 3.05) is 13.1 Å². The van der Waals surface area contributed by atoms with Crippen LogP contribution in [-0.4, -0.2) is 38.9 Å². The molecule has 21 heavy (non-hydrogen) atoms. The maximum atomic E-state index is 13.7. The number of carbonyl (C=O) groups excluding carboxylic acids is 1. The maximum Gasteiger partial charge on any atom is 0.227 e. The van der Waals surface area contributed by atoms with Crippen molar-refractivity contribution >= 4 is 17.5 Å². The van der Waals surface area contributed by atoms with Crippen LogP contribution in [-0.2, 0) is 11.2 Å². The first-order chi connectivity index (χ1) is 10.1. The smallest absolute Gasteiger partial charge is 0.227 e. The highest BCUT2D eigenvalue weighted by atomic mass is 35.5. The van der Waals surface area contributed by atoms with Gasteiger partial charge in [-0.15, -0.1) is 5.10 Å². The van der Waals surface area contributed by atoms with Crippen LogP contribution < -0.4 is 0 Å². The van der Waals surface area contributed by atoms with Gasteiger partial charge in [-0.1, -0.05) is 22.9 Å². The molecule has 0 radical (unpaired) electrons. The van der Waals surface area contributed by atoms with Crippen molar-refractivity contribution in [1.29, 1.82) is 0 Å². The summed E-state index contributed by atoms with van der Waals surface area (Å²) in [5, 5.41) is 8.01. The van der Waals surface area contributed by atoms with Gasteiger partial charge in [0.25, 0.3) is 0 Å². The van der Waals surface area contributed by atoms with Gasteiger partial charge in [0.1, 0.15) is 5.82 Å². The number of hydrogen-bond donors (Lipinski definition) is 0. The average Bonchev–Trinajstić information content (AvgIpc) is 3.12. The fourth-order valence-electron chi connectivity index (χ4n) is 2.56. The molecule has 1 aliphatic rings. The van der Waals surface area contributed by atoms with Crippen molar-refractivity contribution in [2.24, 2.45) is 0 Å². The highest BCUT2D eigenvalue weighted by Gasteiger charge is 2.28. The second kappa shape index (κ2) is 5.81. The number of amides is 1. The summed E-state index contributed by atoms with van der Waals surface area (Å²) in [6.45, 7) is 1.20. The highest BCUT2D eigenvalue weighted by Crippen LogP contribution is 2.24. The fraction of sp³-hybridized carbons (Fsp3) is 0.357. The lowest BCUT2D eigenvalue weighted by molar-refractivity contribution is -0.129. The molecule has 1 fully saturated rings. The first-order valence-corrected chi connectivity index (χ1v) is 7.09. The third-order valence-corrected chi connectivity index (χ3v) is 4.07. The zero-order chi connectivity index (χ0) is 14.8. The Balaban J connectivity index is 1.67. The molecular weight excluding hydrogens is 295 g/mol. The number of benzene rings is 1. The predicted octanol–water partition coefficient (Wildman–Crippen LogP) is 2.09. The van der Waals surface area contributed by atoms with E-state index in [0.29, 0.717) is 13.1 Å². The summed E-state index contributed by atoms with van der Waals surface area (Å²) in [6, 6.07) is 4.57. The zero-order valence-corrected chi connectivity index (χ0v) is 12.0. The molecule has 1 aromatic heterocycles. The molecule has 1 atom stereocenters. The minimum Gasteiger partial charge on any atom is -0.340 e. The maximum absolute atomic E-state index is 13.7. The van der Waals surface area contributed by atoms with Crippen LogP contribution in [0.15, 0.2) is 30.6 Å². The van der Waals surface area contributed by atoms with E-state index in [0.717, 1.165) is 6.42 Å². The molecule has 0 aliphatic carbocycles. The van der Waals surface area contributed by atoms with Crippen molar-refractivity contribution in [2.45, 2.75) is 18.9 Å². The number of likely N-dealkylation sites (tertiary alicyclic amines) is 1. The first kappa shape index (κ1) is 14.0. The molecule has 1 aromatic carbocycles. The average molecular weight is 309 g/mol. The Morgan fingerprint density at radius 3 is 3.05 bits per heavy atom. The minimum atomic E-state index is -0.442. The van der Waals surface area contributed by atoms with Crippen molar-refractivity contribution in [3.8, 4) is 0 Å². The molecule has 110 valence electrons. The molecule has 3 rings (SSSR count). The Bertz CT molecular complexity index is 626. The van der Waals surface area contributed by atoms with E-state index in [-0.39, 0.29) is 29.0 Å². The number of carbonyl (C=O) groups is 1. The summed E-state index contributed by atoms with van der Waals surface area (Å²) >= 11 is 5.96. The van der Waals surface area contributed by atoms with Gasteiger partial charge in [0.05, 0.1) is 18.7 Å². The van der Waals surface area contributed by atoms with Gasteiger partial charge < -0.3 is 4.90 Å². The van der Waals surface area contributed by atoms with Crippen LogP contribution in [0.5, 0.6) is 0 Å². The molecule has 7 heteroatoms. The van der Waals surface area contributed by atoms with Gasteiger partial charge in [-0.2, -0.15) is 0 Å². The van der Waals surface area contributed by atoms with Crippen LogP contribution in [0.25, 0.3) is 0 Å². The van der Waals surface area contributed by atoms with Crippen molar-refractivity contribution < 1.29 is 9.18 Å². The molecule has 1 saturated heterocycles. The topological polar surface area (TPSA) is 51.0 Å². The van der Waals surface area contributed by atoms with Crippen LogP contribution in [0.1, 0.15) is 18.0 Å². The van der Waals surface area contributed by atoms with Gasteiger partial charge in [0, 0.05) is 29.9 Å². The SMILES string of the molecule is O=C(Cc1c(F)cccc1Cl)N1CC[C@@H](n2ccnn2)C1. The molecule has 0 unspecified atom stereocenters. The molecule has 2 heterocycles. The molecule has 1 amide bonds. The van der Waals surface area contributed by atoms with E-state index >= 15 is 0 Å². The summed E-state index contributed by atoms with van der Waals surface area (Å²) < 4.78 is 15.5. The normalized spacial score (nSPS) is 18.2. The lowest BCUT2D eigenvalue weighted by Crippen LogP contribution is -2.30. The Hall–Kier alpha value is -1.95. The van der Waals surface area contributed by atoms with Crippen LogP contribution in [0.3, 0.4) is 0 Å². The van der Waals surface area contributed by atoms with E-state index in [1.165, 1.54) is 12.1 Å². The van der Waals surface area contributed by atoms with Gasteiger partial charge in [0.2, 0.25) is 5.91 Å². The second-order valence-electron chi connectivity index (χ2n) is 5.04. The van der Waals surface area contributed by atoms with E-state index in [2.05, 4.69) is 10.3 Å². The monoisotopic (exact) mass is 308 g/mol. The van der Waals surface area contributed by atoms with Crippen molar-refractivity contribution in [3.63, 3.8) is 0 Å². The molecule has 2 aromatic rings. The van der Waals surface area contributed by atoms with E-state index in [1.807, 2.05) is 0 Å². The van der Waals surface area contributed by atoms with E-state index in [1.54, 1.807) is 28.0 Å². The molecule has 1 aliphatic heterocycles. The fourth-order valence-corrected chi connectivity index (χ4v) is 2.79. The van der Waals surface area contributed by atoms with Gasteiger partial charge in [-0.25, -0.2) is 9.07 Å². The number of hydrogen-bond acceptors (Lipinski definition) is 3. The number of halogens is 2. The number of aromatic nitrogens is 3. The molecular formula is C14H14ClFN4O. The summed E-state index contributed by atoms with van der Waals surface area (Å²) in [7, 11) is 0.